The average Bonchev–Trinajstić information content (AvgIpc) is 2.92. The third-order valence-corrected chi connectivity index (χ3v) is 3.66. The number of rotatable bonds is 4. The second-order valence-corrected chi connectivity index (χ2v) is 5.67. The van der Waals surface area contributed by atoms with E-state index in [0.717, 1.165) is 22.5 Å². The van der Waals surface area contributed by atoms with Crippen molar-refractivity contribution < 1.29 is 9.21 Å². The van der Waals surface area contributed by atoms with Crippen molar-refractivity contribution in [2.75, 3.05) is 0 Å². The van der Waals surface area contributed by atoms with Crippen molar-refractivity contribution in [3.05, 3.63) is 64.1 Å². The standard InChI is InChI=1S/C19H20N2O2/c1-12-5-6-13(2)18(9-12)15(4)21-19(22)16(11-20)10-17-8-7-14(3)23-17/h5-10,15H,1-4H3,(H,21,22)/b16-10+. The summed E-state index contributed by atoms with van der Waals surface area (Å²) in [4.78, 5) is 12.3. The summed E-state index contributed by atoms with van der Waals surface area (Å²) in [5, 5.41) is 12.1. The fourth-order valence-corrected chi connectivity index (χ4v) is 2.40. The van der Waals surface area contributed by atoms with Gasteiger partial charge in [0, 0.05) is 6.08 Å². The number of nitrogens with one attached hydrogen (secondary N) is 1. The fourth-order valence-electron chi connectivity index (χ4n) is 2.40. The minimum atomic E-state index is -0.407. The molecule has 0 spiro atoms. The highest BCUT2D eigenvalue weighted by molar-refractivity contribution is 6.01. The van der Waals surface area contributed by atoms with Gasteiger partial charge in [0.2, 0.25) is 0 Å². The van der Waals surface area contributed by atoms with Crippen LogP contribution < -0.4 is 5.32 Å². The molecule has 23 heavy (non-hydrogen) atoms. The summed E-state index contributed by atoms with van der Waals surface area (Å²) < 4.78 is 5.38. The Morgan fingerprint density at radius 3 is 2.61 bits per heavy atom. The Hall–Kier alpha value is -2.80. The Balaban J connectivity index is 2.18. The Kier molecular flexibility index (Phi) is 5.02. The van der Waals surface area contributed by atoms with E-state index in [1.165, 1.54) is 6.08 Å². The van der Waals surface area contributed by atoms with Gasteiger partial charge in [-0.05, 0) is 51.0 Å². The number of nitrogens with zero attached hydrogens (tertiary/aromatic N) is 1. The van der Waals surface area contributed by atoms with Gasteiger partial charge in [0.15, 0.2) is 0 Å². The lowest BCUT2D eigenvalue weighted by atomic mass is 10.00. The topological polar surface area (TPSA) is 66.0 Å². The van der Waals surface area contributed by atoms with Gasteiger partial charge in [-0.2, -0.15) is 5.26 Å². The molecule has 1 atom stereocenters. The predicted octanol–water partition coefficient (Wildman–Crippen LogP) is 3.99. The van der Waals surface area contributed by atoms with Crippen LogP contribution in [0.3, 0.4) is 0 Å². The van der Waals surface area contributed by atoms with Gasteiger partial charge < -0.3 is 9.73 Å². The number of amides is 1. The minimum Gasteiger partial charge on any atom is -0.462 e. The first-order valence-corrected chi connectivity index (χ1v) is 7.47. The van der Waals surface area contributed by atoms with E-state index in [1.807, 2.05) is 52.0 Å². The highest BCUT2D eigenvalue weighted by Gasteiger charge is 2.16. The Bertz CT molecular complexity index is 794. The molecule has 0 aliphatic heterocycles. The zero-order valence-electron chi connectivity index (χ0n) is 13.8. The molecule has 1 N–H and O–H groups in total. The Morgan fingerprint density at radius 1 is 1.26 bits per heavy atom. The van der Waals surface area contributed by atoms with Crippen molar-refractivity contribution in [1.82, 2.24) is 5.32 Å². The van der Waals surface area contributed by atoms with Gasteiger partial charge in [0.05, 0.1) is 6.04 Å². The molecule has 0 fully saturated rings. The fraction of sp³-hybridized carbons (Fsp3) is 0.263. The van der Waals surface area contributed by atoms with Gasteiger partial charge in [-0.25, -0.2) is 0 Å². The normalized spacial score (nSPS) is 12.6. The van der Waals surface area contributed by atoms with Crippen molar-refractivity contribution in [3.8, 4) is 6.07 Å². The third kappa shape index (κ3) is 4.10. The average molecular weight is 308 g/mol. The largest absolute Gasteiger partial charge is 0.462 e. The summed E-state index contributed by atoms with van der Waals surface area (Å²) in [6.45, 7) is 7.74. The van der Waals surface area contributed by atoms with Crippen molar-refractivity contribution in [2.24, 2.45) is 0 Å². The molecule has 0 bridgehead atoms. The molecule has 0 aliphatic rings. The lowest BCUT2D eigenvalue weighted by Gasteiger charge is -2.17. The summed E-state index contributed by atoms with van der Waals surface area (Å²) >= 11 is 0. The molecule has 0 saturated carbocycles. The van der Waals surface area contributed by atoms with Crippen LogP contribution in [-0.4, -0.2) is 5.91 Å². The number of furan rings is 1. The van der Waals surface area contributed by atoms with Gasteiger partial charge >= 0.3 is 0 Å². The maximum Gasteiger partial charge on any atom is 0.262 e. The number of hydrogen-bond acceptors (Lipinski definition) is 3. The van der Waals surface area contributed by atoms with E-state index in [9.17, 15) is 10.1 Å². The van der Waals surface area contributed by atoms with E-state index in [2.05, 4.69) is 5.32 Å². The number of benzene rings is 1. The van der Waals surface area contributed by atoms with Crippen LogP contribution in [0.25, 0.3) is 6.08 Å². The van der Waals surface area contributed by atoms with E-state index in [4.69, 9.17) is 4.42 Å². The molecule has 2 rings (SSSR count). The van der Waals surface area contributed by atoms with Crippen LogP contribution in [-0.2, 0) is 4.79 Å². The molecule has 4 heteroatoms. The van der Waals surface area contributed by atoms with E-state index in [-0.39, 0.29) is 11.6 Å². The molecule has 0 radical (unpaired) electrons. The van der Waals surface area contributed by atoms with E-state index < -0.39 is 5.91 Å². The predicted molar refractivity (Wildman–Crippen MR) is 89.5 cm³/mol. The van der Waals surface area contributed by atoms with Crippen LogP contribution in [0.5, 0.6) is 0 Å². The molecule has 1 unspecified atom stereocenters. The van der Waals surface area contributed by atoms with Crippen LogP contribution in [0.4, 0.5) is 0 Å². The molecule has 0 saturated heterocycles. The first-order valence-electron chi connectivity index (χ1n) is 7.47. The summed E-state index contributed by atoms with van der Waals surface area (Å²) in [5.41, 5.74) is 3.31. The van der Waals surface area contributed by atoms with Crippen LogP contribution in [0.2, 0.25) is 0 Å². The van der Waals surface area contributed by atoms with Crippen LogP contribution in [0.15, 0.2) is 40.3 Å². The highest BCUT2D eigenvalue weighted by atomic mass is 16.3. The minimum absolute atomic E-state index is 0.0245. The van der Waals surface area contributed by atoms with Crippen molar-refractivity contribution in [1.29, 1.82) is 5.26 Å². The van der Waals surface area contributed by atoms with Crippen LogP contribution >= 0.6 is 0 Å². The Labute approximate surface area is 136 Å². The molecule has 118 valence electrons. The summed E-state index contributed by atoms with van der Waals surface area (Å²) in [7, 11) is 0. The molecule has 4 nitrogen and oxygen atoms in total. The van der Waals surface area contributed by atoms with E-state index in [0.29, 0.717) is 5.76 Å². The number of aryl methyl sites for hydroxylation is 3. The smallest absolute Gasteiger partial charge is 0.262 e. The van der Waals surface area contributed by atoms with Gasteiger partial charge in [-0.15, -0.1) is 0 Å². The third-order valence-electron chi connectivity index (χ3n) is 3.66. The quantitative estimate of drug-likeness (QED) is 0.686. The van der Waals surface area contributed by atoms with Crippen LogP contribution in [0.1, 0.15) is 41.2 Å². The van der Waals surface area contributed by atoms with Crippen LogP contribution in [0, 0.1) is 32.1 Å². The van der Waals surface area contributed by atoms with Gasteiger partial charge in [-0.1, -0.05) is 23.8 Å². The summed E-state index contributed by atoms with van der Waals surface area (Å²) in [6.07, 6.45) is 1.46. The number of hydrogen-bond donors (Lipinski definition) is 1. The number of carbonyl (C=O) groups is 1. The molecular weight excluding hydrogens is 288 g/mol. The molecule has 1 aromatic carbocycles. The van der Waals surface area contributed by atoms with Gasteiger partial charge in [-0.3, -0.25) is 4.79 Å². The molecule has 1 aromatic heterocycles. The SMILES string of the molecule is Cc1ccc(C)c(C(C)NC(=O)/C(C#N)=C/c2ccc(C)o2)c1. The van der Waals surface area contributed by atoms with Gasteiger partial charge in [0.1, 0.15) is 23.2 Å². The number of carbonyl (C=O) groups excluding carboxylic acids is 1. The summed E-state index contributed by atoms with van der Waals surface area (Å²) in [6, 6.07) is 11.4. The lowest BCUT2D eigenvalue weighted by Crippen LogP contribution is -2.28. The summed E-state index contributed by atoms with van der Waals surface area (Å²) in [5.74, 6) is 0.821. The molecule has 0 aliphatic carbocycles. The lowest BCUT2D eigenvalue weighted by molar-refractivity contribution is -0.117. The number of nitriles is 1. The van der Waals surface area contributed by atoms with Gasteiger partial charge in [0.25, 0.3) is 5.91 Å². The first-order chi connectivity index (χ1) is 10.9. The Morgan fingerprint density at radius 2 is 2.00 bits per heavy atom. The van der Waals surface area contributed by atoms with Crippen molar-refractivity contribution in [2.45, 2.75) is 33.7 Å². The molecule has 1 amide bonds. The highest BCUT2D eigenvalue weighted by Crippen LogP contribution is 2.19. The molecular formula is C19H20N2O2. The second-order valence-electron chi connectivity index (χ2n) is 5.67. The molecule has 2 aromatic rings. The first kappa shape index (κ1) is 16.6. The maximum absolute atomic E-state index is 12.3. The zero-order valence-corrected chi connectivity index (χ0v) is 13.8. The maximum atomic E-state index is 12.3. The zero-order chi connectivity index (χ0) is 17.0. The van der Waals surface area contributed by atoms with E-state index in [1.54, 1.807) is 12.1 Å². The van der Waals surface area contributed by atoms with Crippen molar-refractivity contribution >= 4 is 12.0 Å². The van der Waals surface area contributed by atoms with Crippen molar-refractivity contribution in [3.63, 3.8) is 0 Å². The monoisotopic (exact) mass is 308 g/mol. The second kappa shape index (κ2) is 6.97. The van der Waals surface area contributed by atoms with E-state index >= 15 is 0 Å². The molecule has 1 heterocycles.